The number of alkyl halides is 1. The molecule has 0 saturated carbocycles. The van der Waals surface area contributed by atoms with Crippen LogP contribution in [0.15, 0.2) is 23.2 Å². The number of hydrogen-bond donors (Lipinski definition) is 0. The Hall–Kier alpha value is -0.890. The van der Waals surface area contributed by atoms with Crippen molar-refractivity contribution in [2.75, 3.05) is 38.0 Å². The third-order valence-corrected chi connectivity index (χ3v) is 5.61. The Morgan fingerprint density at radius 1 is 1.48 bits per heavy atom. The van der Waals surface area contributed by atoms with E-state index in [1.807, 2.05) is 6.92 Å². The van der Waals surface area contributed by atoms with Crippen LogP contribution in [0.5, 0.6) is 0 Å². The monoisotopic (exact) mass is 333 g/mol. The molecule has 118 valence electrons. The fourth-order valence-electron chi connectivity index (χ4n) is 2.14. The maximum atomic E-state index is 12.0. The largest absolute Gasteiger partial charge is 0.373 e. The van der Waals surface area contributed by atoms with Gasteiger partial charge in [0, 0.05) is 26.8 Å². The van der Waals surface area contributed by atoms with Crippen LogP contribution in [0.3, 0.4) is 0 Å². The first-order chi connectivity index (χ1) is 9.86. The molecule has 0 aliphatic carbocycles. The Balaban J connectivity index is 2.22. The highest BCUT2D eigenvalue weighted by Gasteiger charge is 2.27. The molecule has 1 aliphatic rings. The molecular weight excluding hydrogens is 314 g/mol. The predicted octanol–water partition coefficient (Wildman–Crippen LogP) is 1.16. The van der Waals surface area contributed by atoms with Crippen molar-refractivity contribution < 1.29 is 13.2 Å². The molecule has 1 fully saturated rings. The van der Waals surface area contributed by atoms with Crippen LogP contribution in [0.25, 0.3) is 0 Å². The van der Waals surface area contributed by atoms with E-state index in [-0.39, 0.29) is 17.0 Å². The lowest BCUT2D eigenvalue weighted by molar-refractivity contribution is 0.0361. The number of morpholine rings is 1. The van der Waals surface area contributed by atoms with Crippen molar-refractivity contribution in [3.63, 3.8) is 0 Å². The molecule has 2 rings (SSSR count). The van der Waals surface area contributed by atoms with Crippen LogP contribution in [-0.4, -0.2) is 63.0 Å². The van der Waals surface area contributed by atoms with E-state index in [0.29, 0.717) is 19.0 Å². The second kappa shape index (κ2) is 6.48. The molecule has 2 unspecified atom stereocenters. The van der Waals surface area contributed by atoms with Crippen molar-refractivity contribution in [2.24, 2.45) is 0 Å². The number of rotatable bonds is 4. The van der Waals surface area contributed by atoms with E-state index >= 15 is 0 Å². The minimum absolute atomic E-state index is 0.0325. The molecule has 0 amide bonds. The van der Waals surface area contributed by atoms with Crippen molar-refractivity contribution >= 4 is 27.4 Å². The Kier molecular flexibility index (Phi) is 5.08. The predicted molar refractivity (Wildman–Crippen MR) is 82.4 cm³/mol. The summed E-state index contributed by atoms with van der Waals surface area (Å²) < 4.78 is 30.8. The van der Waals surface area contributed by atoms with E-state index in [0.717, 1.165) is 5.82 Å². The van der Waals surface area contributed by atoms with E-state index in [1.54, 1.807) is 12.1 Å². The molecule has 21 heavy (non-hydrogen) atoms. The van der Waals surface area contributed by atoms with E-state index in [1.165, 1.54) is 24.6 Å². The van der Waals surface area contributed by atoms with Gasteiger partial charge in [-0.05, 0) is 19.1 Å². The molecule has 1 saturated heterocycles. The standard InChI is InChI=1S/C13H20ClN3O3S/c1-10-9-20-11(6-14)8-17(10)13-5-4-12(7-15-13)21(18,19)16(2)3/h4-5,7,10-11H,6,8-9H2,1-3H3. The molecule has 6 nitrogen and oxygen atoms in total. The number of nitrogens with zero attached hydrogens (tertiary/aromatic N) is 3. The fraction of sp³-hybridized carbons (Fsp3) is 0.615. The van der Waals surface area contributed by atoms with Crippen LogP contribution in [0, 0.1) is 0 Å². The molecule has 8 heteroatoms. The van der Waals surface area contributed by atoms with Gasteiger partial charge in [-0.3, -0.25) is 0 Å². The maximum Gasteiger partial charge on any atom is 0.244 e. The van der Waals surface area contributed by atoms with Crippen molar-refractivity contribution in [3.05, 3.63) is 18.3 Å². The van der Waals surface area contributed by atoms with E-state index in [2.05, 4.69) is 9.88 Å². The lowest BCUT2D eigenvalue weighted by Gasteiger charge is -2.38. The highest BCUT2D eigenvalue weighted by Crippen LogP contribution is 2.22. The van der Waals surface area contributed by atoms with Crippen molar-refractivity contribution in [1.82, 2.24) is 9.29 Å². The third kappa shape index (κ3) is 3.48. The number of sulfonamides is 1. The quantitative estimate of drug-likeness (QED) is 0.774. The van der Waals surface area contributed by atoms with Gasteiger partial charge in [0.2, 0.25) is 10.0 Å². The zero-order chi connectivity index (χ0) is 15.6. The Bertz CT molecular complexity index is 577. The van der Waals surface area contributed by atoms with E-state index < -0.39 is 10.0 Å². The van der Waals surface area contributed by atoms with Gasteiger partial charge in [0.15, 0.2) is 0 Å². The van der Waals surface area contributed by atoms with Gasteiger partial charge in [-0.2, -0.15) is 0 Å². The molecule has 1 aromatic heterocycles. The molecule has 1 aliphatic heterocycles. The zero-order valence-corrected chi connectivity index (χ0v) is 13.9. The van der Waals surface area contributed by atoms with Gasteiger partial charge in [-0.25, -0.2) is 17.7 Å². The van der Waals surface area contributed by atoms with Gasteiger partial charge < -0.3 is 9.64 Å². The van der Waals surface area contributed by atoms with Gasteiger partial charge in [-0.1, -0.05) is 0 Å². The van der Waals surface area contributed by atoms with Crippen molar-refractivity contribution in [3.8, 4) is 0 Å². The molecule has 1 aromatic rings. The number of hydrogen-bond acceptors (Lipinski definition) is 5. The van der Waals surface area contributed by atoms with E-state index in [9.17, 15) is 8.42 Å². The Morgan fingerprint density at radius 2 is 2.19 bits per heavy atom. The molecule has 0 bridgehead atoms. The summed E-state index contributed by atoms with van der Waals surface area (Å²) in [4.78, 5) is 6.56. The summed E-state index contributed by atoms with van der Waals surface area (Å²) in [5.74, 6) is 1.16. The van der Waals surface area contributed by atoms with Gasteiger partial charge in [-0.15, -0.1) is 11.6 Å². The van der Waals surface area contributed by atoms with Gasteiger partial charge in [0.25, 0.3) is 0 Å². The molecule has 0 N–H and O–H groups in total. The van der Waals surface area contributed by atoms with Crippen LogP contribution in [0.2, 0.25) is 0 Å². The second-order valence-corrected chi connectivity index (χ2v) is 7.71. The number of ether oxygens (including phenoxy) is 1. The first kappa shape index (κ1) is 16.5. The lowest BCUT2D eigenvalue weighted by atomic mass is 10.2. The summed E-state index contributed by atoms with van der Waals surface area (Å²) in [5.41, 5.74) is 0. The molecular formula is C13H20ClN3O3S. The molecule has 2 heterocycles. The van der Waals surface area contributed by atoms with Crippen LogP contribution in [-0.2, 0) is 14.8 Å². The number of anilines is 1. The summed E-state index contributed by atoms with van der Waals surface area (Å²) in [7, 11) is -0.450. The molecule has 0 radical (unpaired) electrons. The van der Waals surface area contributed by atoms with Crippen molar-refractivity contribution in [2.45, 2.75) is 24.0 Å². The van der Waals surface area contributed by atoms with Gasteiger partial charge >= 0.3 is 0 Å². The Labute approximate surface area is 130 Å². The minimum Gasteiger partial charge on any atom is -0.373 e. The smallest absolute Gasteiger partial charge is 0.244 e. The summed E-state index contributed by atoms with van der Waals surface area (Å²) in [6.45, 7) is 3.27. The van der Waals surface area contributed by atoms with Crippen LogP contribution >= 0.6 is 11.6 Å². The van der Waals surface area contributed by atoms with E-state index in [4.69, 9.17) is 16.3 Å². The second-order valence-electron chi connectivity index (χ2n) is 5.25. The normalized spacial score (nSPS) is 23.6. The third-order valence-electron chi connectivity index (χ3n) is 3.47. The molecule has 2 atom stereocenters. The summed E-state index contributed by atoms with van der Waals surface area (Å²) in [5, 5.41) is 0. The number of aromatic nitrogens is 1. The number of halogens is 1. The van der Waals surface area contributed by atoms with Crippen LogP contribution in [0.4, 0.5) is 5.82 Å². The van der Waals surface area contributed by atoms with Gasteiger partial charge in [0.1, 0.15) is 10.7 Å². The summed E-state index contributed by atoms with van der Waals surface area (Å²) >= 11 is 5.84. The van der Waals surface area contributed by atoms with Gasteiger partial charge in [0.05, 0.1) is 24.6 Å². The average molecular weight is 334 g/mol. The zero-order valence-electron chi connectivity index (χ0n) is 12.4. The first-order valence-corrected chi connectivity index (χ1v) is 8.66. The fourth-order valence-corrected chi connectivity index (χ4v) is 3.17. The summed E-state index contributed by atoms with van der Waals surface area (Å²) in [6, 6.07) is 3.48. The topological polar surface area (TPSA) is 62.7 Å². The van der Waals surface area contributed by atoms with Crippen LogP contribution in [0.1, 0.15) is 6.92 Å². The number of pyridine rings is 1. The minimum atomic E-state index is -3.45. The molecule has 0 aromatic carbocycles. The van der Waals surface area contributed by atoms with Crippen molar-refractivity contribution in [1.29, 1.82) is 0 Å². The lowest BCUT2D eigenvalue weighted by Crippen LogP contribution is -2.49. The Morgan fingerprint density at radius 3 is 2.71 bits per heavy atom. The molecule has 0 spiro atoms. The average Bonchev–Trinajstić information content (AvgIpc) is 2.48. The highest BCUT2D eigenvalue weighted by atomic mass is 35.5. The first-order valence-electron chi connectivity index (χ1n) is 6.69. The summed E-state index contributed by atoms with van der Waals surface area (Å²) in [6.07, 6.45) is 1.36. The maximum absolute atomic E-state index is 12.0. The highest BCUT2D eigenvalue weighted by molar-refractivity contribution is 7.89. The van der Waals surface area contributed by atoms with Crippen LogP contribution < -0.4 is 4.90 Å². The SMILES string of the molecule is CC1COC(CCl)CN1c1ccc(S(=O)(=O)N(C)C)cn1.